The van der Waals surface area contributed by atoms with Crippen LogP contribution in [0.15, 0.2) is 24.3 Å². The van der Waals surface area contributed by atoms with Gasteiger partial charge in [-0.15, -0.1) is 12.4 Å². The van der Waals surface area contributed by atoms with Gasteiger partial charge in [-0.05, 0) is 43.6 Å². The number of carbonyl (C=O) groups excluding carboxylic acids is 1. The zero-order valence-electron chi connectivity index (χ0n) is 15.0. The van der Waals surface area contributed by atoms with E-state index in [1.165, 1.54) is 12.5 Å². The normalized spacial score (nSPS) is 27.2. The van der Waals surface area contributed by atoms with Crippen molar-refractivity contribution in [1.82, 2.24) is 5.32 Å². The van der Waals surface area contributed by atoms with Crippen molar-refractivity contribution in [3.05, 3.63) is 34.4 Å². The summed E-state index contributed by atoms with van der Waals surface area (Å²) in [6.07, 6.45) is 5.40. The molecule has 0 radical (unpaired) electrons. The number of fused-ring (bicyclic) bond motifs is 2. The van der Waals surface area contributed by atoms with Crippen molar-refractivity contribution in [3.63, 3.8) is 0 Å². The van der Waals surface area contributed by atoms with E-state index in [9.17, 15) is 14.9 Å². The lowest BCUT2D eigenvalue weighted by Crippen LogP contribution is -2.55. The number of likely N-dealkylation sites (N-methyl/N-ethyl adjacent to an activating group) is 1. The number of anilines is 1. The summed E-state index contributed by atoms with van der Waals surface area (Å²) in [5.41, 5.74) is 6.60. The maximum Gasteiger partial charge on any atom is 0.292 e. The third-order valence-corrected chi connectivity index (χ3v) is 5.57. The van der Waals surface area contributed by atoms with Gasteiger partial charge in [0.2, 0.25) is 5.91 Å². The predicted octanol–water partition coefficient (Wildman–Crippen LogP) is 2.48. The van der Waals surface area contributed by atoms with Gasteiger partial charge in [-0.1, -0.05) is 18.6 Å². The summed E-state index contributed by atoms with van der Waals surface area (Å²) in [6, 6.07) is 6.93. The Hall–Kier alpha value is -1.86. The van der Waals surface area contributed by atoms with Crippen LogP contribution in [0.2, 0.25) is 0 Å². The number of nitrogens with one attached hydrogen (secondary N) is 1. The van der Waals surface area contributed by atoms with Crippen molar-refractivity contribution in [2.75, 3.05) is 18.5 Å². The van der Waals surface area contributed by atoms with Gasteiger partial charge in [0.05, 0.1) is 11.5 Å². The van der Waals surface area contributed by atoms with Crippen LogP contribution in [0.5, 0.6) is 0 Å². The minimum Gasteiger partial charge on any atom is -0.360 e. The van der Waals surface area contributed by atoms with Gasteiger partial charge >= 0.3 is 0 Å². The molecule has 2 atom stereocenters. The van der Waals surface area contributed by atoms with Crippen LogP contribution in [-0.4, -0.2) is 36.5 Å². The number of nitro groups is 1. The molecule has 2 bridgehead atoms. The molecule has 2 unspecified atom stereocenters. The summed E-state index contributed by atoms with van der Waals surface area (Å²) < 4.78 is 0. The van der Waals surface area contributed by atoms with Crippen molar-refractivity contribution in [1.29, 1.82) is 0 Å². The zero-order chi connectivity index (χ0) is 18.0. The van der Waals surface area contributed by atoms with Crippen molar-refractivity contribution >= 4 is 29.7 Å². The first-order valence-electron chi connectivity index (χ1n) is 8.95. The molecule has 26 heavy (non-hydrogen) atoms. The quantitative estimate of drug-likeness (QED) is 0.601. The number of nitrogens with zero attached hydrogens (tertiary/aromatic N) is 2. The van der Waals surface area contributed by atoms with E-state index in [1.807, 2.05) is 0 Å². The van der Waals surface area contributed by atoms with E-state index in [4.69, 9.17) is 5.73 Å². The molecule has 0 aliphatic heterocycles. The van der Waals surface area contributed by atoms with Gasteiger partial charge in [0.25, 0.3) is 5.69 Å². The first-order valence-corrected chi connectivity index (χ1v) is 8.95. The van der Waals surface area contributed by atoms with Crippen molar-refractivity contribution < 1.29 is 9.72 Å². The van der Waals surface area contributed by atoms with Crippen LogP contribution in [0.25, 0.3) is 0 Å². The van der Waals surface area contributed by atoms with E-state index in [0.717, 1.165) is 25.7 Å². The molecule has 0 spiro atoms. The minimum atomic E-state index is -0.420. The molecule has 1 aromatic carbocycles. The molecule has 0 aromatic heterocycles. The van der Waals surface area contributed by atoms with Gasteiger partial charge < -0.3 is 16.0 Å². The number of amides is 1. The molecule has 2 aliphatic rings. The molecular formula is C18H27ClN4O3. The lowest BCUT2D eigenvalue weighted by molar-refractivity contribution is -0.384. The Morgan fingerprint density at radius 3 is 2.54 bits per heavy atom. The topological polar surface area (TPSA) is 102 Å². The number of benzene rings is 1. The van der Waals surface area contributed by atoms with Crippen molar-refractivity contribution in [2.45, 2.75) is 44.2 Å². The number of carbonyl (C=O) groups is 1. The highest BCUT2D eigenvalue weighted by molar-refractivity contribution is 5.85. The number of hydrogen-bond acceptors (Lipinski definition) is 5. The second-order valence-electron chi connectivity index (χ2n) is 7.38. The van der Waals surface area contributed by atoms with E-state index in [2.05, 4.69) is 5.32 Å². The highest BCUT2D eigenvalue weighted by atomic mass is 35.5. The summed E-state index contributed by atoms with van der Waals surface area (Å²) >= 11 is 0. The standard InChI is InChI=1S/C18H26N4O3.ClH/c1-21(15-7-2-3-8-16(15)22(24)25)11-17(23)20-18-12-5-4-6-13(18)10-14(19)9-12;/h2-3,7-8,12-14,18H,4-6,9-11,19H2,1H3,(H,20,23);1H. The highest BCUT2D eigenvalue weighted by Gasteiger charge is 2.39. The van der Waals surface area contributed by atoms with Crippen LogP contribution in [0.1, 0.15) is 32.1 Å². The molecule has 8 heteroatoms. The molecule has 0 heterocycles. The molecule has 144 valence electrons. The van der Waals surface area contributed by atoms with Crippen LogP contribution < -0.4 is 16.0 Å². The Morgan fingerprint density at radius 1 is 1.31 bits per heavy atom. The lowest BCUT2D eigenvalue weighted by Gasteiger charge is -2.45. The van der Waals surface area contributed by atoms with Crippen LogP contribution in [0, 0.1) is 22.0 Å². The summed E-state index contributed by atoms with van der Waals surface area (Å²) in [4.78, 5) is 24.9. The van der Waals surface area contributed by atoms with Gasteiger partial charge in [0.15, 0.2) is 0 Å². The number of para-hydroxylation sites is 2. The molecule has 3 rings (SSSR count). The van der Waals surface area contributed by atoms with Crippen LogP contribution in [0.4, 0.5) is 11.4 Å². The first-order chi connectivity index (χ1) is 12.0. The number of rotatable bonds is 5. The van der Waals surface area contributed by atoms with Gasteiger partial charge in [-0.2, -0.15) is 0 Å². The molecule has 7 nitrogen and oxygen atoms in total. The fraction of sp³-hybridized carbons (Fsp3) is 0.611. The van der Waals surface area contributed by atoms with Crippen molar-refractivity contribution in [3.8, 4) is 0 Å². The second-order valence-corrected chi connectivity index (χ2v) is 7.38. The van der Waals surface area contributed by atoms with Crippen LogP contribution in [-0.2, 0) is 4.79 Å². The molecule has 3 N–H and O–H groups in total. The lowest BCUT2D eigenvalue weighted by atomic mass is 9.67. The predicted molar refractivity (Wildman–Crippen MR) is 104 cm³/mol. The SMILES string of the molecule is CN(CC(=O)NC1C2CCCC1CC(N)C2)c1ccccc1[N+](=O)[O-].Cl. The average molecular weight is 383 g/mol. The van der Waals surface area contributed by atoms with E-state index in [1.54, 1.807) is 30.1 Å². The van der Waals surface area contributed by atoms with E-state index < -0.39 is 4.92 Å². The summed E-state index contributed by atoms with van der Waals surface area (Å²) in [5, 5.41) is 14.3. The third-order valence-electron chi connectivity index (χ3n) is 5.57. The molecule has 2 saturated carbocycles. The Kier molecular flexibility index (Phi) is 6.83. The van der Waals surface area contributed by atoms with Crippen LogP contribution >= 0.6 is 12.4 Å². The highest BCUT2D eigenvalue weighted by Crippen LogP contribution is 2.39. The van der Waals surface area contributed by atoms with Gasteiger partial charge in [0, 0.05) is 25.2 Å². The van der Waals surface area contributed by atoms with E-state index in [-0.39, 0.29) is 42.6 Å². The Morgan fingerprint density at radius 2 is 1.92 bits per heavy atom. The van der Waals surface area contributed by atoms with Crippen LogP contribution in [0.3, 0.4) is 0 Å². The van der Waals surface area contributed by atoms with Gasteiger partial charge in [-0.3, -0.25) is 14.9 Å². The maximum atomic E-state index is 12.5. The smallest absolute Gasteiger partial charge is 0.292 e. The minimum absolute atomic E-state index is 0. The third kappa shape index (κ3) is 4.45. The second kappa shape index (κ2) is 8.68. The fourth-order valence-corrected chi connectivity index (χ4v) is 4.50. The fourth-order valence-electron chi connectivity index (χ4n) is 4.50. The van der Waals surface area contributed by atoms with Gasteiger partial charge in [0.1, 0.15) is 5.69 Å². The number of hydrogen-bond donors (Lipinski definition) is 2. The molecule has 2 aliphatic carbocycles. The Balaban J connectivity index is 0.00000243. The molecule has 2 fully saturated rings. The zero-order valence-corrected chi connectivity index (χ0v) is 15.8. The van der Waals surface area contributed by atoms with Crippen molar-refractivity contribution in [2.24, 2.45) is 17.6 Å². The largest absolute Gasteiger partial charge is 0.360 e. The molecule has 1 amide bonds. The average Bonchev–Trinajstić information content (AvgIpc) is 2.55. The summed E-state index contributed by atoms with van der Waals surface area (Å²) in [6.45, 7) is 0.104. The van der Waals surface area contributed by atoms with E-state index in [0.29, 0.717) is 17.5 Å². The summed E-state index contributed by atoms with van der Waals surface area (Å²) in [5.74, 6) is 0.837. The number of nitro benzene ring substituents is 1. The molecule has 0 saturated heterocycles. The molecular weight excluding hydrogens is 356 g/mol. The molecule has 1 aromatic rings. The van der Waals surface area contributed by atoms with Gasteiger partial charge in [-0.25, -0.2) is 0 Å². The van der Waals surface area contributed by atoms with E-state index >= 15 is 0 Å². The number of halogens is 1. The Bertz CT molecular complexity index is 643. The Labute approximate surface area is 159 Å². The number of nitrogens with two attached hydrogens (primary N) is 1. The summed E-state index contributed by atoms with van der Waals surface area (Å²) in [7, 11) is 1.71. The maximum absolute atomic E-state index is 12.5. The monoisotopic (exact) mass is 382 g/mol. The first kappa shape index (κ1) is 20.5.